The number of hydrogen-bond acceptors (Lipinski definition) is 14. The van der Waals surface area contributed by atoms with Crippen molar-refractivity contribution in [3.8, 4) is 11.5 Å². The molecule has 0 saturated heterocycles. The average Bonchev–Trinajstić information content (AvgIpc) is 3.03. The van der Waals surface area contributed by atoms with Gasteiger partial charge in [0.25, 0.3) is 11.4 Å². The van der Waals surface area contributed by atoms with E-state index < -0.39 is 22.2 Å². The van der Waals surface area contributed by atoms with E-state index in [2.05, 4.69) is 0 Å². The molecule has 0 N–H and O–H groups in total. The van der Waals surface area contributed by atoms with E-state index in [9.17, 15) is 39.4 Å². The Bertz CT molecular complexity index is 1240. The molecule has 2 unspecified atom stereocenters. The largest absolute Gasteiger partial charge is 0.513 e. The number of esters is 2. The number of benzene rings is 2. The van der Waals surface area contributed by atoms with Crippen molar-refractivity contribution in [2.24, 2.45) is 11.8 Å². The first-order valence-electron chi connectivity index (χ1n) is 15.4. The lowest BCUT2D eigenvalue weighted by atomic mass is 10.1. The minimum atomic E-state index is -0.923. The van der Waals surface area contributed by atoms with Gasteiger partial charge in [0.05, 0.1) is 36.3 Å². The first-order chi connectivity index (χ1) is 22.9. The van der Waals surface area contributed by atoms with Gasteiger partial charge in [-0.3, -0.25) is 29.8 Å². The van der Waals surface area contributed by atoms with Gasteiger partial charge in [0.15, 0.2) is 0 Å². The molecule has 0 aliphatic rings. The van der Waals surface area contributed by atoms with Gasteiger partial charge in [-0.15, -0.1) is 0 Å². The van der Waals surface area contributed by atoms with E-state index in [1.54, 1.807) is 0 Å². The van der Waals surface area contributed by atoms with Crippen LogP contribution in [0.15, 0.2) is 48.5 Å². The van der Waals surface area contributed by atoms with Crippen molar-refractivity contribution >= 4 is 35.6 Å². The Morgan fingerprint density at radius 1 is 0.562 bits per heavy atom. The Kier molecular flexibility index (Phi) is 17.4. The summed E-state index contributed by atoms with van der Waals surface area (Å²) in [6.07, 6.45) is 1.60. The van der Waals surface area contributed by atoms with Crippen LogP contribution in [0.4, 0.5) is 21.0 Å². The molecule has 262 valence electrons. The third kappa shape index (κ3) is 16.9. The van der Waals surface area contributed by atoms with E-state index in [-0.39, 0.29) is 85.9 Å². The smallest absolute Gasteiger partial charge is 0.466 e. The molecule has 0 heterocycles. The molecular formula is C32H40N2O14. The van der Waals surface area contributed by atoms with Crippen molar-refractivity contribution in [2.45, 2.75) is 65.2 Å². The molecule has 0 saturated carbocycles. The molecule has 2 atom stereocenters. The van der Waals surface area contributed by atoms with E-state index in [0.29, 0.717) is 38.5 Å². The highest BCUT2D eigenvalue weighted by atomic mass is 16.7. The van der Waals surface area contributed by atoms with Gasteiger partial charge in [-0.25, -0.2) is 9.59 Å². The molecule has 2 aromatic rings. The predicted molar refractivity (Wildman–Crippen MR) is 167 cm³/mol. The lowest BCUT2D eigenvalue weighted by Gasteiger charge is -2.12. The summed E-state index contributed by atoms with van der Waals surface area (Å²) in [4.78, 5) is 67.7. The number of nitro benzene ring substituents is 2. The van der Waals surface area contributed by atoms with Gasteiger partial charge in [0.2, 0.25) is 0 Å². The molecule has 0 aromatic heterocycles. The van der Waals surface area contributed by atoms with Crippen LogP contribution in [0.1, 0.15) is 65.2 Å². The number of ether oxygens (including phenoxy) is 6. The first kappa shape index (κ1) is 38.9. The first-order valence-corrected chi connectivity index (χ1v) is 15.4. The predicted octanol–water partition coefficient (Wildman–Crippen LogP) is 6.71. The van der Waals surface area contributed by atoms with Gasteiger partial charge >= 0.3 is 24.2 Å². The van der Waals surface area contributed by atoms with Gasteiger partial charge in [-0.05, 0) is 74.6 Å². The number of carbonyl (C=O) groups excluding carboxylic acids is 4. The minimum absolute atomic E-state index is 0.0918. The third-order valence-electron chi connectivity index (χ3n) is 6.92. The Balaban J connectivity index is 1.42. The van der Waals surface area contributed by atoms with Gasteiger partial charge < -0.3 is 28.4 Å². The Morgan fingerprint density at radius 3 is 1.19 bits per heavy atom. The zero-order valence-electron chi connectivity index (χ0n) is 26.9. The van der Waals surface area contributed by atoms with E-state index in [4.69, 9.17) is 28.4 Å². The lowest BCUT2D eigenvalue weighted by Crippen LogP contribution is -2.14. The van der Waals surface area contributed by atoms with Crippen LogP contribution < -0.4 is 9.47 Å². The summed E-state index contributed by atoms with van der Waals surface area (Å²) in [5, 5.41) is 21.3. The number of unbranched alkanes of at least 4 members (excludes halogenated alkanes) is 1. The summed E-state index contributed by atoms with van der Waals surface area (Å²) in [5.41, 5.74) is -0.252. The standard InChI is InChI=1S/C32H40N2O14/c1-23(17-21-45-31(37)47-27-11-7-25(8-12-27)33(39)40)15-19-43-29(35)5-3-4-6-30(36)44-20-16-24(2)18-22-46-32(38)48-28-13-9-26(10-14-28)34(41)42/h7-14,23-24H,3-6,15-22H2,1-2H3. The van der Waals surface area contributed by atoms with Crippen molar-refractivity contribution in [3.05, 3.63) is 68.8 Å². The number of non-ortho nitro benzene ring substituents is 2. The third-order valence-corrected chi connectivity index (χ3v) is 6.92. The molecule has 0 fully saturated rings. The molecule has 16 nitrogen and oxygen atoms in total. The number of nitro groups is 2. The van der Waals surface area contributed by atoms with Crippen LogP contribution in [-0.2, 0) is 28.5 Å². The SMILES string of the molecule is CC(CCOC(=O)CCCCC(=O)OCCC(C)CCOC(=O)Oc1ccc([N+](=O)[O-])cc1)CCOC(=O)Oc1ccc([N+](=O)[O-])cc1. The van der Waals surface area contributed by atoms with Crippen LogP contribution >= 0.6 is 0 Å². The maximum absolute atomic E-state index is 12.0. The van der Waals surface area contributed by atoms with Crippen molar-refractivity contribution in [1.82, 2.24) is 0 Å². The summed E-state index contributed by atoms with van der Waals surface area (Å²) >= 11 is 0. The molecule has 0 spiro atoms. The van der Waals surface area contributed by atoms with Crippen LogP contribution in [-0.4, -0.2) is 60.5 Å². The van der Waals surface area contributed by atoms with Crippen LogP contribution in [0.5, 0.6) is 11.5 Å². The topological polar surface area (TPSA) is 210 Å². The van der Waals surface area contributed by atoms with E-state index in [1.165, 1.54) is 48.5 Å². The average molecular weight is 677 g/mol. The molecule has 48 heavy (non-hydrogen) atoms. The van der Waals surface area contributed by atoms with Gasteiger partial charge in [-0.1, -0.05) is 13.8 Å². The fraction of sp³-hybridized carbons (Fsp3) is 0.500. The monoisotopic (exact) mass is 676 g/mol. The molecule has 2 rings (SSSR count). The zero-order chi connectivity index (χ0) is 35.3. The lowest BCUT2D eigenvalue weighted by molar-refractivity contribution is -0.385. The molecule has 2 aromatic carbocycles. The Labute approximate surface area is 276 Å². The normalized spacial score (nSPS) is 11.8. The van der Waals surface area contributed by atoms with Gasteiger partial charge in [0.1, 0.15) is 11.5 Å². The summed E-state index contributed by atoms with van der Waals surface area (Å²) in [7, 11) is 0. The second-order valence-corrected chi connectivity index (χ2v) is 10.9. The van der Waals surface area contributed by atoms with E-state index in [1.807, 2.05) is 13.8 Å². The maximum Gasteiger partial charge on any atom is 0.513 e. The number of rotatable bonds is 21. The van der Waals surface area contributed by atoms with E-state index in [0.717, 1.165) is 0 Å². The molecule has 0 aliphatic carbocycles. The van der Waals surface area contributed by atoms with Crippen molar-refractivity contribution in [2.75, 3.05) is 26.4 Å². The van der Waals surface area contributed by atoms with Gasteiger partial charge in [-0.2, -0.15) is 0 Å². The van der Waals surface area contributed by atoms with Crippen LogP contribution in [0.3, 0.4) is 0 Å². The number of carbonyl (C=O) groups is 4. The van der Waals surface area contributed by atoms with Gasteiger partial charge in [0, 0.05) is 37.1 Å². The highest BCUT2D eigenvalue weighted by Gasteiger charge is 2.13. The fourth-order valence-electron chi connectivity index (χ4n) is 3.93. The second-order valence-electron chi connectivity index (χ2n) is 10.9. The highest BCUT2D eigenvalue weighted by molar-refractivity contribution is 5.70. The summed E-state index contributed by atoms with van der Waals surface area (Å²) in [5.74, 6) is -0.293. The minimum Gasteiger partial charge on any atom is -0.466 e. The number of nitrogens with zero attached hydrogens (tertiary/aromatic N) is 2. The second kappa shape index (κ2) is 21.5. The fourth-order valence-corrected chi connectivity index (χ4v) is 3.93. The maximum atomic E-state index is 12.0. The molecule has 0 aliphatic heterocycles. The Morgan fingerprint density at radius 2 is 0.875 bits per heavy atom. The summed E-state index contributed by atoms with van der Waals surface area (Å²) in [6.45, 7) is 4.44. The molecule has 0 radical (unpaired) electrons. The quantitative estimate of drug-likeness (QED) is 0.0336. The van der Waals surface area contributed by atoms with Crippen LogP contribution in [0.2, 0.25) is 0 Å². The van der Waals surface area contributed by atoms with Crippen molar-refractivity contribution in [3.63, 3.8) is 0 Å². The van der Waals surface area contributed by atoms with Crippen molar-refractivity contribution in [1.29, 1.82) is 0 Å². The molecule has 0 amide bonds. The van der Waals surface area contributed by atoms with Crippen LogP contribution in [0, 0.1) is 32.1 Å². The summed E-state index contributed by atoms with van der Waals surface area (Å²) < 4.78 is 30.4. The Hall–Kier alpha value is -5.28. The molecular weight excluding hydrogens is 636 g/mol. The van der Waals surface area contributed by atoms with Crippen LogP contribution in [0.25, 0.3) is 0 Å². The highest BCUT2D eigenvalue weighted by Crippen LogP contribution is 2.19. The van der Waals surface area contributed by atoms with E-state index >= 15 is 0 Å². The molecule has 16 heteroatoms. The van der Waals surface area contributed by atoms with Crippen molar-refractivity contribution < 1.29 is 57.4 Å². The molecule has 0 bridgehead atoms. The number of hydrogen-bond donors (Lipinski definition) is 0. The summed E-state index contributed by atoms with van der Waals surface area (Å²) in [6, 6.07) is 10.0. The zero-order valence-corrected chi connectivity index (χ0v) is 26.9.